The highest BCUT2D eigenvalue weighted by atomic mass is 19.1. The van der Waals surface area contributed by atoms with E-state index in [9.17, 15) is 14.0 Å². The van der Waals surface area contributed by atoms with Crippen molar-refractivity contribution < 1.29 is 14.0 Å². The molecule has 0 aliphatic carbocycles. The summed E-state index contributed by atoms with van der Waals surface area (Å²) < 4.78 is 12.8. The van der Waals surface area contributed by atoms with Crippen LogP contribution in [-0.2, 0) is 16.0 Å². The highest BCUT2D eigenvalue weighted by Gasteiger charge is 2.26. The number of amides is 2. The fourth-order valence-electron chi connectivity index (χ4n) is 2.50. The number of primary amides is 1. The van der Waals surface area contributed by atoms with Crippen LogP contribution in [0, 0.1) is 11.7 Å². The first kappa shape index (κ1) is 14.5. The van der Waals surface area contributed by atoms with Gasteiger partial charge in [-0.3, -0.25) is 9.59 Å². The summed E-state index contributed by atoms with van der Waals surface area (Å²) in [6, 6.07) is 6.16. The number of rotatable bonds is 4. The second-order valence-corrected chi connectivity index (χ2v) is 5.21. The average molecular weight is 278 g/mol. The van der Waals surface area contributed by atoms with Gasteiger partial charge >= 0.3 is 0 Å². The quantitative estimate of drug-likeness (QED) is 0.906. The fourth-order valence-corrected chi connectivity index (χ4v) is 2.50. The predicted octanol–water partition coefficient (Wildman–Crippen LogP) is 1.48. The number of benzene rings is 1. The molecular weight excluding hydrogens is 259 g/mol. The number of aryl methyl sites for hydroxylation is 1. The number of nitrogens with two attached hydrogens (primary N) is 1. The number of likely N-dealkylation sites (tertiary alicyclic amines) is 1. The fraction of sp³-hybridized carbons (Fsp3) is 0.467. The van der Waals surface area contributed by atoms with Crippen LogP contribution in [0.25, 0.3) is 0 Å². The minimum atomic E-state index is -0.332. The number of hydrogen-bond acceptors (Lipinski definition) is 2. The molecule has 1 heterocycles. The molecule has 1 aromatic rings. The van der Waals surface area contributed by atoms with Crippen molar-refractivity contribution in [3.63, 3.8) is 0 Å². The van der Waals surface area contributed by atoms with Gasteiger partial charge < -0.3 is 10.6 Å². The Morgan fingerprint density at radius 3 is 2.65 bits per heavy atom. The van der Waals surface area contributed by atoms with Crippen molar-refractivity contribution in [2.45, 2.75) is 25.7 Å². The smallest absolute Gasteiger partial charge is 0.222 e. The van der Waals surface area contributed by atoms with E-state index in [1.54, 1.807) is 17.0 Å². The van der Waals surface area contributed by atoms with Crippen molar-refractivity contribution in [3.8, 4) is 0 Å². The molecule has 20 heavy (non-hydrogen) atoms. The first-order chi connectivity index (χ1) is 9.56. The minimum Gasteiger partial charge on any atom is -0.369 e. The maximum absolute atomic E-state index is 12.8. The Hall–Kier alpha value is -1.91. The van der Waals surface area contributed by atoms with Crippen LogP contribution >= 0.6 is 0 Å². The van der Waals surface area contributed by atoms with E-state index in [4.69, 9.17) is 5.73 Å². The van der Waals surface area contributed by atoms with Gasteiger partial charge in [0.1, 0.15) is 5.82 Å². The zero-order valence-corrected chi connectivity index (χ0v) is 11.3. The number of nitrogens with zero attached hydrogens (tertiary/aromatic N) is 1. The van der Waals surface area contributed by atoms with Gasteiger partial charge in [0.05, 0.1) is 5.92 Å². The molecule has 2 amide bonds. The maximum Gasteiger partial charge on any atom is 0.222 e. The van der Waals surface area contributed by atoms with Crippen LogP contribution in [-0.4, -0.2) is 29.8 Å². The van der Waals surface area contributed by atoms with Crippen LogP contribution in [0.2, 0.25) is 0 Å². The lowest BCUT2D eigenvalue weighted by Crippen LogP contribution is -2.44. The van der Waals surface area contributed by atoms with Gasteiger partial charge in [-0.1, -0.05) is 12.1 Å². The van der Waals surface area contributed by atoms with Crippen molar-refractivity contribution in [3.05, 3.63) is 35.6 Å². The first-order valence-corrected chi connectivity index (χ1v) is 6.88. The number of piperidine rings is 1. The van der Waals surface area contributed by atoms with Crippen molar-refractivity contribution in [2.75, 3.05) is 13.1 Å². The molecule has 2 N–H and O–H groups in total. The Balaban J connectivity index is 1.85. The number of halogens is 1. The minimum absolute atomic E-state index is 0.0280. The molecule has 0 bridgehead atoms. The van der Waals surface area contributed by atoms with Gasteiger partial charge in [-0.2, -0.15) is 0 Å². The van der Waals surface area contributed by atoms with Crippen molar-refractivity contribution >= 4 is 11.8 Å². The van der Waals surface area contributed by atoms with Crippen LogP contribution in [0.4, 0.5) is 4.39 Å². The molecule has 4 nitrogen and oxygen atoms in total. The van der Waals surface area contributed by atoms with Crippen LogP contribution in [0.3, 0.4) is 0 Å². The number of carbonyl (C=O) groups is 2. The summed E-state index contributed by atoms with van der Waals surface area (Å²) in [5.74, 6) is -0.805. The molecule has 0 radical (unpaired) electrons. The summed E-state index contributed by atoms with van der Waals surface area (Å²) in [5.41, 5.74) is 6.23. The topological polar surface area (TPSA) is 63.4 Å². The van der Waals surface area contributed by atoms with Crippen molar-refractivity contribution in [2.24, 2.45) is 11.7 Å². The Morgan fingerprint density at radius 2 is 2.00 bits per heavy atom. The van der Waals surface area contributed by atoms with E-state index >= 15 is 0 Å². The standard InChI is InChI=1S/C15H19FN2O2/c16-13-6-3-11(4-7-13)5-8-14(19)18-9-1-2-12(10-18)15(17)20/h3-4,6-7,12H,1-2,5,8-10H2,(H2,17,20). The summed E-state index contributed by atoms with van der Waals surface area (Å²) in [7, 11) is 0. The van der Waals surface area contributed by atoms with Crippen molar-refractivity contribution in [1.82, 2.24) is 4.90 Å². The zero-order chi connectivity index (χ0) is 14.5. The van der Waals surface area contributed by atoms with E-state index in [0.29, 0.717) is 25.9 Å². The van der Waals surface area contributed by atoms with E-state index in [1.807, 2.05) is 0 Å². The Labute approximate surface area is 117 Å². The molecule has 108 valence electrons. The molecular formula is C15H19FN2O2. The van der Waals surface area contributed by atoms with Crippen LogP contribution < -0.4 is 5.73 Å². The van der Waals surface area contributed by atoms with Crippen molar-refractivity contribution in [1.29, 1.82) is 0 Å². The zero-order valence-electron chi connectivity index (χ0n) is 11.3. The second-order valence-electron chi connectivity index (χ2n) is 5.21. The lowest BCUT2D eigenvalue weighted by Gasteiger charge is -2.31. The summed E-state index contributed by atoms with van der Waals surface area (Å²) in [4.78, 5) is 25.0. The molecule has 1 aliphatic rings. The molecule has 1 unspecified atom stereocenters. The molecule has 2 rings (SSSR count). The third kappa shape index (κ3) is 3.79. The van der Waals surface area contributed by atoms with E-state index < -0.39 is 0 Å². The van der Waals surface area contributed by atoms with Gasteiger partial charge in [0.15, 0.2) is 0 Å². The van der Waals surface area contributed by atoms with Gasteiger partial charge in [0, 0.05) is 19.5 Å². The Bertz CT molecular complexity index is 487. The van der Waals surface area contributed by atoms with Crippen LogP contribution in [0.5, 0.6) is 0 Å². The van der Waals surface area contributed by atoms with E-state index in [2.05, 4.69) is 0 Å². The molecule has 5 heteroatoms. The molecule has 0 saturated carbocycles. The average Bonchev–Trinajstić information content (AvgIpc) is 2.46. The van der Waals surface area contributed by atoms with E-state index in [1.165, 1.54) is 12.1 Å². The van der Waals surface area contributed by atoms with Crippen LogP contribution in [0.15, 0.2) is 24.3 Å². The lowest BCUT2D eigenvalue weighted by molar-refractivity contribution is -0.134. The lowest BCUT2D eigenvalue weighted by atomic mass is 9.97. The third-order valence-corrected chi connectivity index (χ3v) is 3.72. The monoisotopic (exact) mass is 278 g/mol. The SMILES string of the molecule is NC(=O)C1CCCN(C(=O)CCc2ccc(F)cc2)C1. The highest BCUT2D eigenvalue weighted by molar-refractivity contribution is 5.80. The summed E-state index contributed by atoms with van der Waals surface area (Å²) in [6.07, 6.45) is 2.53. The Kier molecular flexibility index (Phi) is 4.71. The van der Waals surface area contributed by atoms with Gasteiger partial charge in [-0.15, -0.1) is 0 Å². The Morgan fingerprint density at radius 1 is 1.30 bits per heavy atom. The van der Waals surface area contributed by atoms with E-state index in [0.717, 1.165) is 18.4 Å². The molecule has 1 atom stereocenters. The molecule has 1 aromatic carbocycles. The molecule has 1 aliphatic heterocycles. The van der Waals surface area contributed by atoms with Crippen LogP contribution in [0.1, 0.15) is 24.8 Å². The molecule has 1 saturated heterocycles. The number of hydrogen-bond donors (Lipinski definition) is 1. The highest BCUT2D eigenvalue weighted by Crippen LogP contribution is 2.17. The molecule has 0 spiro atoms. The van der Waals surface area contributed by atoms with Gasteiger partial charge in [-0.25, -0.2) is 4.39 Å². The normalized spacial score (nSPS) is 18.9. The van der Waals surface area contributed by atoms with Gasteiger partial charge in [-0.05, 0) is 37.0 Å². The summed E-state index contributed by atoms with van der Waals surface area (Å²) >= 11 is 0. The molecule has 1 fully saturated rings. The first-order valence-electron chi connectivity index (χ1n) is 6.88. The van der Waals surface area contributed by atoms with Gasteiger partial charge in [0.25, 0.3) is 0 Å². The summed E-state index contributed by atoms with van der Waals surface area (Å²) in [6.45, 7) is 1.11. The predicted molar refractivity (Wildman–Crippen MR) is 73.2 cm³/mol. The van der Waals surface area contributed by atoms with Gasteiger partial charge in [0.2, 0.25) is 11.8 Å². The largest absolute Gasteiger partial charge is 0.369 e. The maximum atomic E-state index is 12.8. The second kappa shape index (κ2) is 6.50. The molecule has 0 aromatic heterocycles. The van der Waals surface area contributed by atoms with E-state index in [-0.39, 0.29) is 23.5 Å². The number of carbonyl (C=O) groups excluding carboxylic acids is 2. The summed E-state index contributed by atoms with van der Waals surface area (Å²) in [5, 5.41) is 0. The third-order valence-electron chi connectivity index (χ3n) is 3.72.